The maximum absolute atomic E-state index is 3.50. The molecule has 0 saturated heterocycles. The van der Waals surface area contributed by atoms with Crippen LogP contribution in [0.4, 0.5) is 5.69 Å². The molecular formula is C16H21BrN2. The van der Waals surface area contributed by atoms with Crippen molar-refractivity contribution in [2.45, 2.75) is 26.3 Å². The number of anilines is 1. The minimum atomic E-state index is 0.178. The Kier molecular flexibility index (Phi) is 4.48. The van der Waals surface area contributed by atoms with E-state index in [0.717, 1.165) is 17.6 Å². The van der Waals surface area contributed by atoms with Crippen LogP contribution in [-0.4, -0.2) is 18.6 Å². The second-order valence-electron chi connectivity index (χ2n) is 5.81. The van der Waals surface area contributed by atoms with Gasteiger partial charge in [0.05, 0.1) is 0 Å². The molecule has 0 atom stereocenters. The van der Waals surface area contributed by atoms with Gasteiger partial charge < -0.3 is 10.6 Å². The lowest BCUT2D eigenvalue weighted by Gasteiger charge is -2.20. The van der Waals surface area contributed by atoms with E-state index in [1.807, 2.05) is 0 Å². The molecule has 19 heavy (non-hydrogen) atoms. The molecule has 0 bridgehead atoms. The summed E-state index contributed by atoms with van der Waals surface area (Å²) >= 11 is 3.50. The highest BCUT2D eigenvalue weighted by atomic mass is 79.9. The molecule has 0 aromatic heterocycles. The molecule has 2 N–H and O–H groups in total. The third-order valence-electron chi connectivity index (χ3n) is 2.91. The molecule has 2 aromatic rings. The van der Waals surface area contributed by atoms with Crippen molar-refractivity contribution >= 4 is 32.4 Å². The van der Waals surface area contributed by atoms with Gasteiger partial charge in [-0.1, -0.05) is 28.1 Å². The van der Waals surface area contributed by atoms with Crippen LogP contribution in [0.5, 0.6) is 0 Å². The van der Waals surface area contributed by atoms with E-state index in [1.54, 1.807) is 0 Å². The zero-order valence-electron chi connectivity index (χ0n) is 11.8. The van der Waals surface area contributed by atoms with Crippen LogP contribution >= 0.6 is 15.9 Å². The molecule has 0 amide bonds. The van der Waals surface area contributed by atoms with Crippen molar-refractivity contribution < 1.29 is 0 Å². The van der Waals surface area contributed by atoms with E-state index in [4.69, 9.17) is 0 Å². The molecule has 0 radical (unpaired) electrons. The predicted molar refractivity (Wildman–Crippen MR) is 87.9 cm³/mol. The summed E-state index contributed by atoms with van der Waals surface area (Å²) in [4.78, 5) is 0. The fraction of sp³-hybridized carbons (Fsp3) is 0.375. The SMILES string of the molecule is CC(C)(C)NCCNc1ccc2cc(Br)ccc2c1. The Morgan fingerprint density at radius 3 is 2.37 bits per heavy atom. The summed E-state index contributed by atoms with van der Waals surface area (Å²) in [6, 6.07) is 12.8. The minimum absolute atomic E-state index is 0.178. The molecule has 0 aliphatic heterocycles. The van der Waals surface area contributed by atoms with Gasteiger partial charge in [0.25, 0.3) is 0 Å². The smallest absolute Gasteiger partial charge is 0.0347 e. The molecule has 0 fully saturated rings. The Labute approximate surface area is 123 Å². The van der Waals surface area contributed by atoms with Crippen molar-refractivity contribution in [2.75, 3.05) is 18.4 Å². The molecule has 102 valence electrons. The molecular weight excluding hydrogens is 300 g/mol. The van der Waals surface area contributed by atoms with Crippen LogP contribution in [0.15, 0.2) is 40.9 Å². The zero-order chi connectivity index (χ0) is 13.9. The standard InChI is InChI=1S/C16H21BrN2/c1-16(2,3)19-9-8-18-15-7-5-12-10-14(17)6-4-13(12)11-15/h4-7,10-11,18-19H,8-9H2,1-3H3. The fourth-order valence-electron chi connectivity index (χ4n) is 1.97. The van der Waals surface area contributed by atoms with Crippen molar-refractivity contribution in [1.29, 1.82) is 0 Å². The molecule has 2 nitrogen and oxygen atoms in total. The van der Waals surface area contributed by atoms with Crippen molar-refractivity contribution in [1.82, 2.24) is 5.32 Å². The molecule has 0 saturated carbocycles. The quantitative estimate of drug-likeness (QED) is 0.816. The summed E-state index contributed by atoms with van der Waals surface area (Å²) in [6.07, 6.45) is 0. The normalized spacial score (nSPS) is 11.8. The summed E-state index contributed by atoms with van der Waals surface area (Å²) in [5.41, 5.74) is 1.35. The second-order valence-corrected chi connectivity index (χ2v) is 6.73. The minimum Gasteiger partial charge on any atom is -0.384 e. The van der Waals surface area contributed by atoms with Gasteiger partial charge in [0, 0.05) is 28.8 Å². The van der Waals surface area contributed by atoms with Crippen LogP contribution < -0.4 is 10.6 Å². The first-order valence-electron chi connectivity index (χ1n) is 6.62. The number of halogens is 1. The molecule has 3 heteroatoms. The number of rotatable bonds is 4. The van der Waals surface area contributed by atoms with Gasteiger partial charge in [-0.25, -0.2) is 0 Å². The molecule has 0 aliphatic carbocycles. The van der Waals surface area contributed by atoms with E-state index in [9.17, 15) is 0 Å². The van der Waals surface area contributed by atoms with Gasteiger partial charge >= 0.3 is 0 Å². The summed E-state index contributed by atoms with van der Waals surface area (Å²) in [5, 5.41) is 9.44. The van der Waals surface area contributed by atoms with Crippen LogP contribution in [0.2, 0.25) is 0 Å². The monoisotopic (exact) mass is 320 g/mol. The van der Waals surface area contributed by atoms with Crippen LogP contribution in [0, 0.1) is 0 Å². The van der Waals surface area contributed by atoms with E-state index in [0.29, 0.717) is 0 Å². The van der Waals surface area contributed by atoms with Gasteiger partial charge in [-0.15, -0.1) is 0 Å². The number of fused-ring (bicyclic) bond motifs is 1. The van der Waals surface area contributed by atoms with Gasteiger partial charge in [0.2, 0.25) is 0 Å². The van der Waals surface area contributed by atoms with Gasteiger partial charge in [0.15, 0.2) is 0 Å². The molecule has 2 rings (SSSR count). The van der Waals surface area contributed by atoms with Crippen molar-refractivity contribution in [3.63, 3.8) is 0 Å². The number of benzene rings is 2. The first-order chi connectivity index (χ1) is 8.94. The van der Waals surface area contributed by atoms with Crippen LogP contribution in [0.1, 0.15) is 20.8 Å². The predicted octanol–water partition coefficient (Wildman–Crippen LogP) is 4.40. The van der Waals surface area contributed by atoms with Gasteiger partial charge in [-0.2, -0.15) is 0 Å². The van der Waals surface area contributed by atoms with Crippen LogP contribution in [0.25, 0.3) is 10.8 Å². The van der Waals surface area contributed by atoms with E-state index >= 15 is 0 Å². The van der Waals surface area contributed by atoms with E-state index in [2.05, 4.69) is 83.7 Å². The second kappa shape index (κ2) is 5.93. The lowest BCUT2D eigenvalue weighted by molar-refractivity contribution is 0.435. The van der Waals surface area contributed by atoms with Crippen LogP contribution in [-0.2, 0) is 0 Å². The Balaban J connectivity index is 1.96. The fourth-order valence-corrected chi connectivity index (χ4v) is 2.35. The van der Waals surface area contributed by atoms with Crippen molar-refractivity contribution in [3.8, 4) is 0 Å². The van der Waals surface area contributed by atoms with Gasteiger partial charge in [0.1, 0.15) is 0 Å². The average Bonchev–Trinajstić information content (AvgIpc) is 2.33. The van der Waals surface area contributed by atoms with E-state index in [-0.39, 0.29) is 5.54 Å². The third kappa shape index (κ3) is 4.51. The topological polar surface area (TPSA) is 24.1 Å². The summed E-state index contributed by atoms with van der Waals surface area (Å²) in [7, 11) is 0. The van der Waals surface area contributed by atoms with Crippen LogP contribution in [0.3, 0.4) is 0 Å². The summed E-state index contributed by atoms with van der Waals surface area (Å²) in [6.45, 7) is 8.43. The van der Waals surface area contributed by atoms with Gasteiger partial charge in [-0.05, 0) is 55.8 Å². The number of nitrogens with one attached hydrogen (secondary N) is 2. The molecule has 0 spiro atoms. The number of hydrogen-bond acceptors (Lipinski definition) is 2. The third-order valence-corrected chi connectivity index (χ3v) is 3.40. The lowest BCUT2D eigenvalue weighted by atomic mass is 10.1. The maximum atomic E-state index is 3.50. The first-order valence-corrected chi connectivity index (χ1v) is 7.42. The molecule has 0 unspecified atom stereocenters. The Morgan fingerprint density at radius 2 is 1.63 bits per heavy atom. The van der Waals surface area contributed by atoms with Crippen molar-refractivity contribution in [3.05, 3.63) is 40.9 Å². The molecule has 2 aromatic carbocycles. The van der Waals surface area contributed by atoms with E-state index < -0.39 is 0 Å². The highest BCUT2D eigenvalue weighted by molar-refractivity contribution is 9.10. The Morgan fingerprint density at radius 1 is 0.947 bits per heavy atom. The number of hydrogen-bond donors (Lipinski definition) is 2. The highest BCUT2D eigenvalue weighted by Gasteiger charge is 2.06. The summed E-state index contributed by atoms with van der Waals surface area (Å²) in [5.74, 6) is 0. The Hall–Kier alpha value is -1.06. The molecule has 0 heterocycles. The van der Waals surface area contributed by atoms with Gasteiger partial charge in [-0.3, -0.25) is 0 Å². The largest absolute Gasteiger partial charge is 0.384 e. The van der Waals surface area contributed by atoms with E-state index in [1.165, 1.54) is 16.5 Å². The Bertz CT molecular complexity index is 558. The summed E-state index contributed by atoms with van der Waals surface area (Å²) < 4.78 is 1.12. The maximum Gasteiger partial charge on any atom is 0.0347 e. The first kappa shape index (κ1) is 14.4. The van der Waals surface area contributed by atoms with Crippen molar-refractivity contribution in [2.24, 2.45) is 0 Å². The lowest BCUT2D eigenvalue weighted by Crippen LogP contribution is -2.38. The highest BCUT2D eigenvalue weighted by Crippen LogP contribution is 2.22. The average molecular weight is 321 g/mol. The zero-order valence-corrected chi connectivity index (χ0v) is 13.3. The molecule has 0 aliphatic rings.